The molecule has 0 bridgehead atoms. The molecule has 25 heavy (non-hydrogen) atoms. The monoisotopic (exact) mass is 340 g/mol. The van der Waals surface area contributed by atoms with Gasteiger partial charge in [0, 0.05) is 26.1 Å². The molecule has 0 fully saturated rings. The fourth-order valence-electron chi connectivity index (χ4n) is 2.69. The zero-order chi connectivity index (χ0) is 18.2. The van der Waals surface area contributed by atoms with E-state index >= 15 is 0 Å². The van der Waals surface area contributed by atoms with E-state index in [2.05, 4.69) is 5.32 Å². The van der Waals surface area contributed by atoms with Gasteiger partial charge in [-0.1, -0.05) is 67.6 Å². The minimum Gasteiger partial charge on any atom is -0.481 e. The summed E-state index contributed by atoms with van der Waals surface area (Å²) in [6, 6.07) is 19.7. The number of nitrogens with one attached hydrogen (secondary N) is 1. The minimum absolute atomic E-state index is 0.0386. The third-order valence-corrected chi connectivity index (χ3v) is 4.18. The summed E-state index contributed by atoms with van der Waals surface area (Å²) in [5.74, 6) is -1.47. The van der Waals surface area contributed by atoms with Crippen LogP contribution in [-0.2, 0) is 4.79 Å². The third-order valence-electron chi connectivity index (χ3n) is 4.18. The molecule has 0 aliphatic rings. The first-order valence-electron chi connectivity index (χ1n) is 8.30. The Morgan fingerprint density at radius 2 is 1.48 bits per heavy atom. The number of hydrogen-bond acceptors (Lipinski definition) is 2. The fourth-order valence-corrected chi connectivity index (χ4v) is 2.69. The van der Waals surface area contributed by atoms with Crippen molar-refractivity contribution in [2.75, 3.05) is 20.1 Å². The summed E-state index contributed by atoms with van der Waals surface area (Å²) in [5.41, 5.74) is 2.24. The topological polar surface area (TPSA) is 69.6 Å². The second kappa shape index (κ2) is 8.87. The number of nitrogens with zero attached hydrogens (tertiary/aromatic N) is 1. The molecule has 0 aliphatic carbocycles. The van der Waals surface area contributed by atoms with Gasteiger partial charge in [-0.3, -0.25) is 4.79 Å². The molecule has 0 aromatic heterocycles. The van der Waals surface area contributed by atoms with Crippen LogP contribution < -0.4 is 5.32 Å². The predicted molar refractivity (Wildman–Crippen MR) is 97.6 cm³/mol. The van der Waals surface area contributed by atoms with Gasteiger partial charge < -0.3 is 15.3 Å². The molecule has 2 aromatic rings. The fraction of sp³-hybridized carbons (Fsp3) is 0.300. The highest BCUT2D eigenvalue weighted by molar-refractivity contribution is 5.75. The highest BCUT2D eigenvalue weighted by Gasteiger charge is 2.19. The summed E-state index contributed by atoms with van der Waals surface area (Å²) in [4.78, 5) is 24.6. The molecule has 5 heteroatoms. The second-order valence-electron chi connectivity index (χ2n) is 6.18. The van der Waals surface area contributed by atoms with Crippen LogP contribution in [0.3, 0.4) is 0 Å². The van der Waals surface area contributed by atoms with Gasteiger partial charge in [-0.2, -0.15) is 0 Å². The molecule has 1 unspecified atom stereocenters. The number of hydrogen-bond donors (Lipinski definition) is 2. The van der Waals surface area contributed by atoms with E-state index in [0.717, 1.165) is 11.1 Å². The van der Waals surface area contributed by atoms with E-state index in [1.165, 1.54) is 4.90 Å². The molecule has 132 valence electrons. The largest absolute Gasteiger partial charge is 0.481 e. The molecule has 2 N–H and O–H groups in total. The predicted octanol–water partition coefficient (Wildman–Crippen LogP) is 3.18. The molecule has 0 spiro atoms. The lowest BCUT2D eigenvalue weighted by Crippen LogP contribution is -2.42. The maximum absolute atomic E-state index is 12.3. The number of carbonyl (C=O) groups is 2. The molecule has 2 amide bonds. The summed E-state index contributed by atoms with van der Waals surface area (Å²) in [6.07, 6.45) is 0. The lowest BCUT2D eigenvalue weighted by atomic mass is 9.91. The first-order valence-corrected chi connectivity index (χ1v) is 8.30. The van der Waals surface area contributed by atoms with Crippen molar-refractivity contribution in [2.24, 2.45) is 5.92 Å². The highest BCUT2D eigenvalue weighted by Crippen LogP contribution is 2.23. The third kappa shape index (κ3) is 5.35. The quantitative estimate of drug-likeness (QED) is 0.813. The van der Waals surface area contributed by atoms with Gasteiger partial charge in [-0.15, -0.1) is 0 Å². The van der Waals surface area contributed by atoms with Gasteiger partial charge >= 0.3 is 12.0 Å². The van der Waals surface area contributed by atoms with Crippen molar-refractivity contribution >= 4 is 12.0 Å². The molecular weight excluding hydrogens is 316 g/mol. The highest BCUT2D eigenvalue weighted by atomic mass is 16.4. The summed E-state index contributed by atoms with van der Waals surface area (Å²) in [6.45, 7) is 2.20. The molecule has 0 radical (unpaired) electrons. The zero-order valence-electron chi connectivity index (χ0n) is 14.6. The molecule has 1 atom stereocenters. The summed E-state index contributed by atoms with van der Waals surface area (Å²) < 4.78 is 0. The number of amides is 2. The lowest BCUT2D eigenvalue weighted by molar-refractivity contribution is -0.141. The number of aliphatic carboxylic acids is 1. The average molecular weight is 340 g/mol. The van der Waals surface area contributed by atoms with Crippen LogP contribution in [0.25, 0.3) is 0 Å². The molecule has 0 saturated carbocycles. The first kappa shape index (κ1) is 18.5. The van der Waals surface area contributed by atoms with E-state index in [9.17, 15) is 9.59 Å². The number of benzene rings is 2. The van der Waals surface area contributed by atoms with Crippen molar-refractivity contribution in [1.82, 2.24) is 10.2 Å². The van der Waals surface area contributed by atoms with Crippen LogP contribution in [0.4, 0.5) is 4.79 Å². The van der Waals surface area contributed by atoms with Crippen LogP contribution in [0.5, 0.6) is 0 Å². The number of urea groups is 1. The molecule has 2 rings (SSSR count). The molecule has 0 aliphatic heterocycles. The first-order chi connectivity index (χ1) is 12.0. The molecule has 5 nitrogen and oxygen atoms in total. The van der Waals surface area contributed by atoms with Crippen molar-refractivity contribution in [3.8, 4) is 0 Å². The smallest absolute Gasteiger partial charge is 0.317 e. The van der Waals surface area contributed by atoms with E-state index in [4.69, 9.17) is 5.11 Å². The number of carbonyl (C=O) groups excluding carboxylic acids is 1. The Balaban J connectivity index is 2.05. The molecular formula is C20H24N2O3. The van der Waals surface area contributed by atoms with Crippen LogP contribution in [0.1, 0.15) is 24.0 Å². The van der Waals surface area contributed by atoms with Gasteiger partial charge in [0.2, 0.25) is 0 Å². The molecule has 0 heterocycles. The van der Waals surface area contributed by atoms with Crippen LogP contribution in [-0.4, -0.2) is 42.1 Å². The maximum atomic E-state index is 12.3. The van der Waals surface area contributed by atoms with Crippen LogP contribution in [0.2, 0.25) is 0 Å². The molecule has 0 saturated heterocycles. The van der Waals surface area contributed by atoms with Crippen molar-refractivity contribution in [3.63, 3.8) is 0 Å². The Bertz CT molecular complexity index is 649. The van der Waals surface area contributed by atoms with Crippen molar-refractivity contribution in [2.45, 2.75) is 12.8 Å². The second-order valence-corrected chi connectivity index (χ2v) is 6.18. The van der Waals surface area contributed by atoms with E-state index in [1.807, 2.05) is 60.7 Å². The van der Waals surface area contributed by atoms with Crippen LogP contribution in [0, 0.1) is 5.92 Å². The Morgan fingerprint density at radius 1 is 1.00 bits per heavy atom. The SMILES string of the molecule is CC(CN(C)C(=O)NCC(c1ccccc1)c1ccccc1)C(=O)O. The molecule has 2 aromatic carbocycles. The zero-order valence-corrected chi connectivity index (χ0v) is 14.6. The van der Waals surface area contributed by atoms with Gasteiger partial charge in [-0.05, 0) is 11.1 Å². The number of carboxylic acid groups (broad SMARTS) is 1. The van der Waals surface area contributed by atoms with E-state index in [0.29, 0.717) is 6.54 Å². The van der Waals surface area contributed by atoms with E-state index < -0.39 is 11.9 Å². The van der Waals surface area contributed by atoms with Gasteiger partial charge in [-0.25, -0.2) is 4.79 Å². The van der Waals surface area contributed by atoms with Crippen molar-refractivity contribution in [3.05, 3.63) is 71.8 Å². The standard InChI is InChI=1S/C20H24N2O3/c1-15(19(23)24)14-22(2)20(25)21-13-18(16-9-5-3-6-10-16)17-11-7-4-8-12-17/h3-12,15,18H,13-14H2,1-2H3,(H,21,25)(H,23,24). The summed E-state index contributed by atoms with van der Waals surface area (Å²) in [5, 5.41) is 11.9. The minimum atomic E-state index is -0.911. The van der Waals surface area contributed by atoms with E-state index in [1.54, 1.807) is 14.0 Å². The van der Waals surface area contributed by atoms with Crippen LogP contribution in [0.15, 0.2) is 60.7 Å². The number of carboxylic acids is 1. The van der Waals surface area contributed by atoms with Gasteiger partial charge in [0.15, 0.2) is 0 Å². The number of rotatable bonds is 7. The normalized spacial score (nSPS) is 11.8. The van der Waals surface area contributed by atoms with Crippen LogP contribution >= 0.6 is 0 Å². The summed E-state index contributed by atoms with van der Waals surface area (Å²) in [7, 11) is 1.61. The lowest BCUT2D eigenvalue weighted by Gasteiger charge is -2.23. The van der Waals surface area contributed by atoms with Gasteiger partial charge in [0.05, 0.1) is 5.92 Å². The Hall–Kier alpha value is -2.82. The van der Waals surface area contributed by atoms with Crippen molar-refractivity contribution < 1.29 is 14.7 Å². The Kier molecular flexibility index (Phi) is 6.57. The van der Waals surface area contributed by atoms with E-state index in [-0.39, 0.29) is 18.5 Å². The Morgan fingerprint density at radius 3 is 1.92 bits per heavy atom. The van der Waals surface area contributed by atoms with Gasteiger partial charge in [0.1, 0.15) is 0 Å². The Labute approximate surface area is 148 Å². The summed E-state index contributed by atoms with van der Waals surface area (Å²) >= 11 is 0. The van der Waals surface area contributed by atoms with Crippen molar-refractivity contribution in [1.29, 1.82) is 0 Å². The van der Waals surface area contributed by atoms with Gasteiger partial charge in [0.25, 0.3) is 0 Å². The maximum Gasteiger partial charge on any atom is 0.317 e. The average Bonchev–Trinajstić information content (AvgIpc) is 2.63.